The molecule has 2 N–H and O–H groups in total. The van der Waals surface area contributed by atoms with Crippen molar-refractivity contribution in [3.05, 3.63) is 72.1 Å². The van der Waals surface area contributed by atoms with E-state index in [-0.39, 0.29) is 37.4 Å². The lowest BCUT2D eigenvalue weighted by Crippen LogP contribution is -2.33. The van der Waals surface area contributed by atoms with Gasteiger partial charge in [0.1, 0.15) is 13.2 Å². The van der Waals surface area contributed by atoms with Gasteiger partial charge >= 0.3 is 12.1 Å². The third-order valence-electron chi connectivity index (χ3n) is 6.80. The highest BCUT2D eigenvalue weighted by atomic mass is 16.5. The van der Waals surface area contributed by atoms with Gasteiger partial charge in [-0.2, -0.15) is 5.10 Å². The van der Waals surface area contributed by atoms with Crippen molar-refractivity contribution in [1.82, 2.24) is 14.7 Å². The third kappa shape index (κ3) is 4.49. The summed E-state index contributed by atoms with van der Waals surface area (Å²) in [6.45, 7) is 2.59. The number of nitrogens with one attached hydrogen (secondary N) is 1. The van der Waals surface area contributed by atoms with Crippen LogP contribution in [0.4, 0.5) is 10.5 Å². The fourth-order valence-corrected chi connectivity index (χ4v) is 5.00. The summed E-state index contributed by atoms with van der Waals surface area (Å²) in [6, 6.07) is 16.2. The lowest BCUT2D eigenvalue weighted by Gasteiger charge is -2.15. The zero-order chi connectivity index (χ0) is 24.5. The highest BCUT2D eigenvalue weighted by molar-refractivity contribution is 5.85. The first-order valence-corrected chi connectivity index (χ1v) is 11.6. The number of nitrogens with zero attached hydrogens (tertiary/aromatic N) is 3. The molecule has 5 rings (SSSR count). The molecule has 3 aromatic rings. The first-order valence-electron chi connectivity index (χ1n) is 11.6. The predicted octanol–water partition coefficient (Wildman–Crippen LogP) is 3.42. The number of aromatic nitrogens is 2. The number of anilines is 1. The normalized spacial score (nSPS) is 18.7. The summed E-state index contributed by atoms with van der Waals surface area (Å²) >= 11 is 0. The van der Waals surface area contributed by atoms with Crippen LogP contribution in [0.25, 0.3) is 11.1 Å². The predicted molar refractivity (Wildman–Crippen MR) is 128 cm³/mol. The van der Waals surface area contributed by atoms with Gasteiger partial charge in [-0.3, -0.25) is 19.6 Å². The van der Waals surface area contributed by atoms with Crippen LogP contribution in [0.2, 0.25) is 0 Å². The van der Waals surface area contributed by atoms with E-state index in [1.165, 1.54) is 10.9 Å². The van der Waals surface area contributed by atoms with Crippen molar-refractivity contribution >= 4 is 23.7 Å². The van der Waals surface area contributed by atoms with Gasteiger partial charge in [0.25, 0.3) is 0 Å². The summed E-state index contributed by atoms with van der Waals surface area (Å²) in [5.74, 6) is -1.79. The monoisotopic (exact) mass is 474 g/mol. The van der Waals surface area contributed by atoms with Crippen molar-refractivity contribution in [2.45, 2.75) is 19.4 Å². The zero-order valence-electron chi connectivity index (χ0n) is 19.3. The number of amides is 2. The van der Waals surface area contributed by atoms with E-state index in [2.05, 4.69) is 34.7 Å². The third-order valence-corrected chi connectivity index (χ3v) is 6.80. The molecule has 2 atom stereocenters. The molecule has 180 valence electrons. The number of carboxylic acids is 1. The minimum absolute atomic E-state index is 0.0361. The van der Waals surface area contributed by atoms with Crippen molar-refractivity contribution in [1.29, 1.82) is 0 Å². The van der Waals surface area contributed by atoms with Gasteiger partial charge in [0.05, 0.1) is 17.8 Å². The molecule has 2 amide bonds. The molecule has 2 aliphatic rings. The van der Waals surface area contributed by atoms with Crippen LogP contribution in [0.1, 0.15) is 24.0 Å². The van der Waals surface area contributed by atoms with E-state index < -0.39 is 18.0 Å². The second-order valence-corrected chi connectivity index (χ2v) is 9.10. The fourth-order valence-electron chi connectivity index (χ4n) is 5.00. The first-order chi connectivity index (χ1) is 16.9. The van der Waals surface area contributed by atoms with Crippen molar-refractivity contribution in [3.63, 3.8) is 0 Å². The highest BCUT2D eigenvalue weighted by Crippen LogP contribution is 2.44. The van der Waals surface area contributed by atoms with Crippen LogP contribution in [-0.4, -0.2) is 57.5 Å². The van der Waals surface area contributed by atoms with E-state index in [0.717, 1.165) is 22.3 Å². The summed E-state index contributed by atoms with van der Waals surface area (Å²) < 4.78 is 6.96. The second-order valence-electron chi connectivity index (χ2n) is 9.10. The number of hydrogen-bond donors (Lipinski definition) is 2. The summed E-state index contributed by atoms with van der Waals surface area (Å²) in [6.07, 6.45) is 2.39. The number of carboxylic acid groups (broad SMARTS) is 1. The van der Waals surface area contributed by atoms with Gasteiger partial charge in [-0.05, 0) is 28.2 Å². The number of rotatable bonds is 6. The summed E-state index contributed by atoms with van der Waals surface area (Å²) in [4.78, 5) is 37.9. The van der Waals surface area contributed by atoms with Crippen molar-refractivity contribution < 1.29 is 24.2 Å². The SMILES string of the molecule is CC1CN(C(=O)Cn2cc(NC(=O)OCC3c4ccccc4-c4ccccc43)cn2)CC1C(=O)O. The molecule has 2 aromatic carbocycles. The molecular weight excluding hydrogens is 448 g/mol. The summed E-state index contributed by atoms with van der Waals surface area (Å²) in [5.41, 5.74) is 4.99. The van der Waals surface area contributed by atoms with E-state index in [9.17, 15) is 19.5 Å². The van der Waals surface area contributed by atoms with Crippen molar-refractivity contribution in [2.24, 2.45) is 11.8 Å². The Balaban J connectivity index is 1.16. The van der Waals surface area contributed by atoms with Crippen molar-refractivity contribution in [2.75, 3.05) is 25.0 Å². The summed E-state index contributed by atoms with van der Waals surface area (Å²) in [5, 5.41) is 16.1. The average molecular weight is 475 g/mol. The number of ether oxygens (including phenoxy) is 1. The van der Waals surface area contributed by atoms with Crippen LogP contribution >= 0.6 is 0 Å². The minimum Gasteiger partial charge on any atom is -0.481 e. The maximum atomic E-state index is 12.6. The largest absolute Gasteiger partial charge is 0.481 e. The Morgan fingerprint density at radius 3 is 2.34 bits per heavy atom. The fraction of sp³-hybridized carbons (Fsp3) is 0.308. The maximum Gasteiger partial charge on any atom is 0.411 e. The molecule has 0 spiro atoms. The number of benzene rings is 2. The molecule has 1 saturated heterocycles. The van der Waals surface area contributed by atoms with Crippen LogP contribution in [0.15, 0.2) is 60.9 Å². The van der Waals surface area contributed by atoms with Gasteiger partial charge in [0.2, 0.25) is 5.91 Å². The number of carbonyl (C=O) groups is 3. The molecular formula is C26H26N4O5. The lowest BCUT2D eigenvalue weighted by atomic mass is 9.98. The lowest BCUT2D eigenvalue weighted by molar-refractivity contribution is -0.142. The Hall–Kier alpha value is -4.14. The smallest absolute Gasteiger partial charge is 0.411 e. The number of fused-ring (bicyclic) bond motifs is 3. The maximum absolute atomic E-state index is 12.6. The van der Waals surface area contributed by atoms with Gasteiger partial charge < -0.3 is 14.7 Å². The Morgan fingerprint density at radius 1 is 1.06 bits per heavy atom. The Morgan fingerprint density at radius 2 is 1.71 bits per heavy atom. The molecule has 2 unspecified atom stereocenters. The molecule has 2 heterocycles. The van der Waals surface area contributed by atoms with Crippen LogP contribution in [0, 0.1) is 11.8 Å². The minimum atomic E-state index is -0.888. The van der Waals surface area contributed by atoms with E-state index in [1.807, 2.05) is 31.2 Å². The number of likely N-dealkylation sites (tertiary alicyclic amines) is 1. The van der Waals surface area contributed by atoms with Crippen LogP contribution in [-0.2, 0) is 20.9 Å². The molecule has 1 aromatic heterocycles. The van der Waals surface area contributed by atoms with E-state index in [1.54, 1.807) is 11.1 Å². The highest BCUT2D eigenvalue weighted by Gasteiger charge is 2.37. The number of aliphatic carboxylic acids is 1. The van der Waals surface area contributed by atoms with Crippen LogP contribution < -0.4 is 5.32 Å². The molecule has 1 fully saturated rings. The number of carbonyl (C=O) groups excluding carboxylic acids is 2. The molecule has 1 aliphatic carbocycles. The quantitative estimate of drug-likeness (QED) is 0.566. The van der Waals surface area contributed by atoms with E-state index >= 15 is 0 Å². The Kier molecular flexibility index (Phi) is 5.98. The van der Waals surface area contributed by atoms with Gasteiger partial charge in [-0.1, -0.05) is 55.5 Å². The molecule has 9 heteroatoms. The number of hydrogen-bond acceptors (Lipinski definition) is 5. The second kappa shape index (κ2) is 9.25. The molecule has 9 nitrogen and oxygen atoms in total. The van der Waals surface area contributed by atoms with Crippen LogP contribution in [0.3, 0.4) is 0 Å². The molecule has 0 saturated carbocycles. The summed E-state index contributed by atoms with van der Waals surface area (Å²) in [7, 11) is 0. The Bertz CT molecular complexity index is 1240. The van der Waals surface area contributed by atoms with Crippen LogP contribution in [0.5, 0.6) is 0 Å². The molecule has 1 aliphatic heterocycles. The van der Waals surface area contributed by atoms with E-state index in [0.29, 0.717) is 12.2 Å². The van der Waals surface area contributed by atoms with E-state index in [4.69, 9.17) is 4.74 Å². The molecule has 0 bridgehead atoms. The van der Waals surface area contributed by atoms with Crippen molar-refractivity contribution in [3.8, 4) is 11.1 Å². The molecule has 35 heavy (non-hydrogen) atoms. The van der Waals surface area contributed by atoms with Gasteiger partial charge in [-0.25, -0.2) is 4.79 Å². The zero-order valence-corrected chi connectivity index (χ0v) is 19.3. The first kappa shape index (κ1) is 22.6. The standard InChI is InChI=1S/C26H26N4O5/c1-16-11-29(13-22(16)25(32)33)24(31)14-30-12-17(10-27-30)28-26(34)35-15-23-20-8-4-2-6-18(20)19-7-3-5-9-21(19)23/h2-10,12,16,22-23H,11,13-15H2,1H3,(H,28,34)(H,32,33). The molecule has 0 radical (unpaired) electrons. The Labute approximate surface area is 202 Å². The van der Waals surface area contributed by atoms with Gasteiger partial charge in [-0.15, -0.1) is 0 Å². The average Bonchev–Trinajstić information content (AvgIpc) is 3.53. The van der Waals surface area contributed by atoms with Gasteiger partial charge in [0.15, 0.2) is 0 Å². The van der Waals surface area contributed by atoms with Gasteiger partial charge in [0, 0.05) is 25.2 Å². The topological polar surface area (TPSA) is 114 Å².